The van der Waals surface area contributed by atoms with Crippen molar-refractivity contribution in [1.82, 2.24) is 24.9 Å². The van der Waals surface area contributed by atoms with Crippen molar-refractivity contribution in [3.63, 3.8) is 0 Å². The molecule has 1 saturated carbocycles. The van der Waals surface area contributed by atoms with Crippen LogP contribution in [0.25, 0.3) is 16.9 Å². The van der Waals surface area contributed by atoms with Gasteiger partial charge in [0.25, 0.3) is 0 Å². The predicted molar refractivity (Wildman–Crippen MR) is 131 cm³/mol. The lowest BCUT2D eigenvalue weighted by Crippen LogP contribution is -2.38. The molecule has 1 saturated heterocycles. The van der Waals surface area contributed by atoms with E-state index in [9.17, 15) is 0 Å². The molecule has 7 nitrogen and oxygen atoms in total. The third-order valence-electron chi connectivity index (χ3n) is 6.55. The number of piperidine rings is 1. The van der Waals surface area contributed by atoms with Crippen LogP contribution in [0.4, 0.5) is 11.6 Å². The summed E-state index contributed by atoms with van der Waals surface area (Å²) in [5.41, 5.74) is 5.56. The lowest BCUT2D eigenvalue weighted by atomic mass is 10.1. The SMILES string of the molecule is c1ccc(-c2ccc(CNc3cc(N[C@@H]4CCCNC4)nc4c(C5CC5)cnn34)cc2)nc1. The van der Waals surface area contributed by atoms with Gasteiger partial charge in [0.2, 0.25) is 0 Å². The molecule has 4 heterocycles. The Labute approximate surface area is 193 Å². The Balaban J connectivity index is 1.24. The van der Waals surface area contributed by atoms with Crippen LogP contribution in [0.5, 0.6) is 0 Å². The summed E-state index contributed by atoms with van der Waals surface area (Å²) >= 11 is 0. The monoisotopic (exact) mass is 439 g/mol. The van der Waals surface area contributed by atoms with Crippen molar-refractivity contribution in [3.8, 4) is 11.3 Å². The molecular formula is C26H29N7. The largest absolute Gasteiger partial charge is 0.366 e. The topological polar surface area (TPSA) is 79.2 Å². The fourth-order valence-corrected chi connectivity index (χ4v) is 4.57. The van der Waals surface area contributed by atoms with Crippen molar-refractivity contribution in [3.05, 3.63) is 72.1 Å². The highest BCUT2D eigenvalue weighted by molar-refractivity contribution is 5.62. The van der Waals surface area contributed by atoms with Crippen LogP contribution in [-0.4, -0.2) is 38.7 Å². The fourth-order valence-electron chi connectivity index (χ4n) is 4.57. The zero-order valence-corrected chi connectivity index (χ0v) is 18.7. The summed E-state index contributed by atoms with van der Waals surface area (Å²) in [6.45, 7) is 2.79. The molecule has 0 unspecified atom stereocenters. The minimum Gasteiger partial charge on any atom is -0.366 e. The van der Waals surface area contributed by atoms with E-state index in [2.05, 4.69) is 56.4 Å². The average Bonchev–Trinajstić information content (AvgIpc) is 3.63. The van der Waals surface area contributed by atoms with Crippen LogP contribution in [0.15, 0.2) is 60.9 Å². The number of hydrogen-bond donors (Lipinski definition) is 3. The van der Waals surface area contributed by atoms with Crippen molar-refractivity contribution < 1.29 is 0 Å². The molecule has 0 spiro atoms. The van der Waals surface area contributed by atoms with E-state index in [0.717, 1.165) is 41.6 Å². The highest BCUT2D eigenvalue weighted by Crippen LogP contribution is 2.42. The summed E-state index contributed by atoms with van der Waals surface area (Å²) in [7, 11) is 0. The minimum atomic E-state index is 0.410. The molecule has 1 aliphatic carbocycles. The van der Waals surface area contributed by atoms with Crippen LogP contribution >= 0.6 is 0 Å². The lowest BCUT2D eigenvalue weighted by molar-refractivity contribution is 0.479. The Bertz CT molecular complexity index is 1220. The van der Waals surface area contributed by atoms with Gasteiger partial charge in [-0.1, -0.05) is 30.3 Å². The van der Waals surface area contributed by atoms with Crippen LogP contribution in [0, 0.1) is 0 Å². The van der Waals surface area contributed by atoms with E-state index in [1.807, 2.05) is 35.1 Å². The Kier molecular flexibility index (Phi) is 5.40. The van der Waals surface area contributed by atoms with Crippen LogP contribution in [0.3, 0.4) is 0 Å². The summed E-state index contributed by atoms with van der Waals surface area (Å²) in [4.78, 5) is 9.41. The number of anilines is 2. The summed E-state index contributed by atoms with van der Waals surface area (Å²) < 4.78 is 1.96. The van der Waals surface area contributed by atoms with Crippen LogP contribution in [-0.2, 0) is 6.54 Å². The summed E-state index contributed by atoms with van der Waals surface area (Å²) in [6.07, 6.45) is 8.66. The van der Waals surface area contributed by atoms with Gasteiger partial charge in [-0.05, 0) is 55.8 Å². The average molecular weight is 440 g/mol. The van der Waals surface area contributed by atoms with Gasteiger partial charge in [0.1, 0.15) is 11.6 Å². The molecule has 3 aromatic heterocycles. The lowest BCUT2D eigenvalue weighted by Gasteiger charge is -2.24. The van der Waals surface area contributed by atoms with Crippen molar-refractivity contribution in [2.75, 3.05) is 23.7 Å². The Hall–Kier alpha value is -3.45. The number of benzene rings is 1. The molecule has 33 heavy (non-hydrogen) atoms. The summed E-state index contributed by atoms with van der Waals surface area (Å²) in [5.74, 6) is 2.49. The molecular weight excluding hydrogens is 410 g/mol. The quantitative estimate of drug-likeness (QED) is 0.395. The zero-order valence-electron chi connectivity index (χ0n) is 18.7. The van der Waals surface area contributed by atoms with E-state index in [-0.39, 0.29) is 0 Å². The highest BCUT2D eigenvalue weighted by Gasteiger charge is 2.28. The first-order valence-electron chi connectivity index (χ1n) is 11.9. The van der Waals surface area contributed by atoms with Gasteiger partial charge >= 0.3 is 0 Å². The van der Waals surface area contributed by atoms with Gasteiger partial charge in [-0.2, -0.15) is 9.61 Å². The number of fused-ring (bicyclic) bond motifs is 1. The number of rotatable bonds is 7. The van der Waals surface area contributed by atoms with E-state index in [1.54, 1.807) is 0 Å². The van der Waals surface area contributed by atoms with E-state index in [1.165, 1.54) is 36.8 Å². The van der Waals surface area contributed by atoms with Gasteiger partial charge in [-0.3, -0.25) is 4.98 Å². The number of nitrogens with one attached hydrogen (secondary N) is 3. The number of aromatic nitrogens is 4. The molecule has 1 aromatic carbocycles. The fraction of sp³-hybridized carbons (Fsp3) is 0.346. The van der Waals surface area contributed by atoms with Gasteiger partial charge in [0.05, 0.1) is 11.9 Å². The van der Waals surface area contributed by atoms with E-state index < -0.39 is 0 Å². The number of pyridine rings is 1. The molecule has 4 aromatic rings. The van der Waals surface area contributed by atoms with Gasteiger partial charge in [-0.25, -0.2) is 4.98 Å². The number of hydrogen-bond acceptors (Lipinski definition) is 6. The molecule has 7 heteroatoms. The summed E-state index contributed by atoms with van der Waals surface area (Å²) in [6, 6.07) is 17.1. The first-order valence-corrected chi connectivity index (χ1v) is 11.9. The standard InChI is InChI=1S/C26H29N7/c1-2-13-28-23(5-1)20-8-6-18(7-9-20)15-29-25-14-24(31-21-4-3-12-27-16-21)32-26-22(19-10-11-19)17-30-33(25)26/h1-2,5-9,13-14,17,19,21,27,29H,3-4,10-12,15-16H2,(H,31,32)/t21-/m1/s1. The predicted octanol–water partition coefficient (Wildman–Crippen LogP) is 4.44. The highest BCUT2D eigenvalue weighted by atomic mass is 15.3. The van der Waals surface area contributed by atoms with Crippen LogP contribution in [0.2, 0.25) is 0 Å². The first-order chi connectivity index (χ1) is 16.3. The van der Waals surface area contributed by atoms with Crippen molar-refractivity contribution >= 4 is 17.3 Å². The van der Waals surface area contributed by atoms with Crippen molar-refractivity contribution in [1.29, 1.82) is 0 Å². The van der Waals surface area contributed by atoms with E-state index in [4.69, 9.17) is 4.98 Å². The second kappa shape index (κ2) is 8.83. The maximum absolute atomic E-state index is 4.97. The molecule has 1 atom stereocenters. The second-order valence-corrected chi connectivity index (χ2v) is 9.09. The Morgan fingerprint density at radius 2 is 1.97 bits per heavy atom. The van der Waals surface area contributed by atoms with Gasteiger partial charge < -0.3 is 16.0 Å². The Morgan fingerprint density at radius 3 is 2.73 bits per heavy atom. The Morgan fingerprint density at radius 1 is 1.06 bits per heavy atom. The van der Waals surface area contributed by atoms with Gasteiger partial charge in [-0.15, -0.1) is 0 Å². The van der Waals surface area contributed by atoms with E-state index >= 15 is 0 Å². The molecule has 0 radical (unpaired) electrons. The van der Waals surface area contributed by atoms with Crippen molar-refractivity contribution in [2.24, 2.45) is 0 Å². The number of nitrogens with zero attached hydrogens (tertiary/aromatic N) is 4. The van der Waals surface area contributed by atoms with Crippen molar-refractivity contribution in [2.45, 2.75) is 44.2 Å². The molecule has 3 N–H and O–H groups in total. The normalized spacial score (nSPS) is 18.4. The van der Waals surface area contributed by atoms with Gasteiger partial charge in [0.15, 0.2) is 5.65 Å². The molecule has 1 aliphatic heterocycles. The van der Waals surface area contributed by atoms with E-state index in [0.29, 0.717) is 18.5 Å². The maximum atomic E-state index is 4.97. The third-order valence-corrected chi connectivity index (χ3v) is 6.55. The molecule has 2 aliphatic rings. The third kappa shape index (κ3) is 4.41. The smallest absolute Gasteiger partial charge is 0.163 e. The zero-order chi connectivity index (χ0) is 22.0. The summed E-state index contributed by atoms with van der Waals surface area (Å²) in [5, 5.41) is 15.4. The first kappa shape index (κ1) is 20.2. The molecule has 0 amide bonds. The maximum Gasteiger partial charge on any atom is 0.163 e. The second-order valence-electron chi connectivity index (χ2n) is 9.09. The minimum absolute atomic E-state index is 0.410. The molecule has 168 valence electrons. The van der Waals surface area contributed by atoms with Crippen LogP contribution < -0.4 is 16.0 Å². The van der Waals surface area contributed by atoms with Gasteiger partial charge in [0, 0.05) is 42.5 Å². The molecule has 6 rings (SSSR count). The molecule has 2 fully saturated rings. The van der Waals surface area contributed by atoms with Crippen LogP contribution in [0.1, 0.15) is 42.7 Å². The molecule has 0 bridgehead atoms.